The highest BCUT2D eigenvalue weighted by molar-refractivity contribution is 6.74. The second-order valence-electron chi connectivity index (χ2n) is 13.9. The summed E-state index contributed by atoms with van der Waals surface area (Å²) >= 11 is 6.40. The maximum Gasteiger partial charge on any atom is 0.471 e. The van der Waals surface area contributed by atoms with Crippen LogP contribution in [-0.2, 0) is 18.8 Å². The molecule has 1 unspecified atom stereocenters. The number of likely N-dealkylation sites (tertiary alicyclic amines) is 1. The molecular formula is C33H53ClF3NO5Si. The number of aliphatic hydroxyl groups is 1. The molecule has 0 bridgehead atoms. The quantitative estimate of drug-likeness (QED) is 0.0981. The highest BCUT2D eigenvalue weighted by atomic mass is 35.5. The average Bonchev–Trinajstić information content (AvgIpc) is 3.32. The van der Waals surface area contributed by atoms with Gasteiger partial charge in [-0.25, -0.2) is 4.79 Å². The molecule has 1 N–H and O–H groups in total. The number of piperidine rings is 1. The van der Waals surface area contributed by atoms with Gasteiger partial charge in [-0.05, 0) is 88.4 Å². The zero-order valence-corrected chi connectivity index (χ0v) is 29.5. The number of allylic oxidation sites excluding steroid dienone is 1. The van der Waals surface area contributed by atoms with Gasteiger partial charge in [0.15, 0.2) is 8.32 Å². The Morgan fingerprint density at radius 3 is 2.32 bits per heavy atom. The molecule has 1 spiro atoms. The van der Waals surface area contributed by atoms with Crippen molar-refractivity contribution in [3.8, 4) is 0 Å². The minimum atomic E-state index is -5.01. The fourth-order valence-electron chi connectivity index (χ4n) is 6.44. The molecule has 0 aromatic carbocycles. The van der Waals surface area contributed by atoms with E-state index in [1.54, 1.807) is 32.1 Å². The molecule has 6 nitrogen and oxygen atoms in total. The average molecular weight is 664 g/mol. The van der Waals surface area contributed by atoms with Gasteiger partial charge in [-0.15, -0.1) is 0 Å². The Hall–Kier alpha value is -1.62. The van der Waals surface area contributed by atoms with Crippen molar-refractivity contribution in [3.63, 3.8) is 0 Å². The molecule has 5 atom stereocenters. The van der Waals surface area contributed by atoms with Gasteiger partial charge in [0.1, 0.15) is 0 Å². The van der Waals surface area contributed by atoms with Crippen molar-refractivity contribution < 1.29 is 37.0 Å². The van der Waals surface area contributed by atoms with Crippen LogP contribution in [-0.4, -0.2) is 67.3 Å². The maximum atomic E-state index is 14.0. The van der Waals surface area contributed by atoms with Crippen molar-refractivity contribution in [2.45, 2.75) is 135 Å². The first kappa shape index (κ1) is 38.6. The number of amides is 1. The van der Waals surface area contributed by atoms with Crippen LogP contribution >= 0.6 is 11.6 Å². The summed E-state index contributed by atoms with van der Waals surface area (Å²) in [6, 6.07) is -0.681. The molecule has 252 valence electrons. The van der Waals surface area contributed by atoms with Crippen LogP contribution < -0.4 is 0 Å². The number of rotatable bonds is 12. The second kappa shape index (κ2) is 15.8. The van der Waals surface area contributed by atoms with Crippen LogP contribution in [0, 0.1) is 11.8 Å². The van der Waals surface area contributed by atoms with Crippen LogP contribution in [0.3, 0.4) is 0 Å². The summed E-state index contributed by atoms with van der Waals surface area (Å²) in [4.78, 5) is 26.3. The Labute approximate surface area is 268 Å². The molecule has 2 aliphatic rings. The molecule has 1 heterocycles. The normalized spacial score (nSPS) is 25.5. The predicted octanol–water partition coefficient (Wildman–Crippen LogP) is 8.46. The van der Waals surface area contributed by atoms with Gasteiger partial charge in [-0.2, -0.15) is 13.2 Å². The van der Waals surface area contributed by atoms with E-state index >= 15 is 0 Å². The standard InChI is InChI=1S/C33H53ClF3NO5Si/c1-9-42-29(40)24(3)14-16-26-12-10-19-32(38(26)30(41)33(35,36)37)20-11-13-28(32)23(2)15-17-27(39)22-25(34)18-21-43-44(7,8)31(4,5)6/h14-15,17,22-23,26-28,39H,9-13,16,18-21H2,1-8H3/b17-15+,24-14+,25-22-/t23-,26-,27?,28-,32-/m1/s1. The number of halogens is 4. The first-order valence-electron chi connectivity index (χ1n) is 15.9. The lowest BCUT2D eigenvalue weighted by Crippen LogP contribution is -2.64. The molecule has 0 aromatic heterocycles. The van der Waals surface area contributed by atoms with E-state index in [9.17, 15) is 27.9 Å². The minimum Gasteiger partial charge on any atom is -0.463 e. The van der Waals surface area contributed by atoms with Gasteiger partial charge in [-0.1, -0.05) is 63.9 Å². The molecule has 1 saturated carbocycles. The molecule has 1 amide bonds. The maximum absolute atomic E-state index is 14.0. The van der Waals surface area contributed by atoms with Gasteiger partial charge in [0.2, 0.25) is 0 Å². The van der Waals surface area contributed by atoms with Crippen molar-refractivity contribution in [1.82, 2.24) is 4.90 Å². The summed E-state index contributed by atoms with van der Waals surface area (Å²) in [5, 5.41) is 11.2. The van der Waals surface area contributed by atoms with Crippen LogP contribution in [0.1, 0.15) is 92.9 Å². The first-order valence-corrected chi connectivity index (χ1v) is 19.2. The molecule has 11 heteroatoms. The number of esters is 1. The van der Waals surface area contributed by atoms with E-state index in [-0.39, 0.29) is 29.9 Å². The van der Waals surface area contributed by atoms with Gasteiger partial charge in [0.05, 0.1) is 12.7 Å². The van der Waals surface area contributed by atoms with Crippen LogP contribution in [0.2, 0.25) is 18.1 Å². The van der Waals surface area contributed by atoms with Gasteiger partial charge in [-0.3, -0.25) is 4.79 Å². The highest BCUT2D eigenvalue weighted by Crippen LogP contribution is 2.52. The van der Waals surface area contributed by atoms with Gasteiger partial charge < -0.3 is 19.2 Å². The third kappa shape index (κ3) is 9.94. The summed E-state index contributed by atoms with van der Waals surface area (Å²) in [5.74, 6) is -2.74. The van der Waals surface area contributed by atoms with E-state index in [0.717, 1.165) is 4.90 Å². The molecular weight excluding hydrogens is 611 g/mol. The van der Waals surface area contributed by atoms with Crippen molar-refractivity contribution in [3.05, 3.63) is 34.9 Å². The molecule has 1 aliphatic carbocycles. The molecule has 2 rings (SSSR count). The van der Waals surface area contributed by atoms with Crippen LogP contribution in [0.5, 0.6) is 0 Å². The van der Waals surface area contributed by atoms with Crippen LogP contribution in [0.25, 0.3) is 0 Å². The third-order valence-corrected chi connectivity index (χ3v) is 14.6. The Balaban J connectivity index is 2.23. The number of hydrogen-bond donors (Lipinski definition) is 1. The van der Waals surface area contributed by atoms with E-state index in [1.807, 2.05) is 13.0 Å². The lowest BCUT2D eigenvalue weighted by atomic mass is 9.70. The highest BCUT2D eigenvalue weighted by Gasteiger charge is 2.58. The van der Waals surface area contributed by atoms with E-state index in [2.05, 4.69) is 33.9 Å². The molecule has 44 heavy (non-hydrogen) atoms. The number of carbonyl (C=O) groups excluding carboxylic acids is 2. The number of alkyl halides is 3. The van der Waals surface area contributed by atoms with Crippen molar-refractivity contribution >= 4 is 31.8 Å². The molecule has 0 aromatic rings. The van der Waals surface area contributed by atoms with Crippen molar-refractivity contribution in [1.29, 1.82) is 0 Å². The molecule has 1 saturated heterocycles. The SMILES string of the molecule is CCOC(=O)/C(C)=C/C[C@H]1CCC[C@]2(CCC[C@@H]2[C@H](C)/C=C/C(O)/C=C(\Cl)CCO[Si](C)(C)C(C)(C)C)N1C(=O)C(F)(F)F. The summed E-state index contributed by atoms with van der Waals surface area (Å²) < 4.78 is 53.3. The summed E-state index contributed by atoms with van der Waals surface area (Å²) in [5.41, 5.74) is -0.637. The third-order valence-electron chi connectivity index (χ3n) is 9.77. The zero-order chi connectivity index (χ0) is 33.5. The Kier molecular flexibility index (Phi) is 13.8. The van der Waals surface area contributed by atoms with Crippen LogP contribution in [0.4, 0.5) is 13.2 Å². The topological polar surface area (TPSA) is 76.1 Å². The molecule has 2 fully saturated rings. The molecule has 1 aliphatic heterocycles. The first-order chi connectivity index (χ1) is 20.3. The van der Waals surface area contributed by atoms with Crippen molar-refractivity contribution in [2.75, 3.05) is 13.2 Å². The zero-order valence-electron chi connectivity index (χ0n) is 27.7. The monoisotopic (exact) mass is 663 g/mol. The lowest BCUT2D eigenvalue weighted by molar-refractivity contribution is -0.201. The largest absolute Gasteiger partial charge is 0.471 e. The smallest absolute Gasteiger partial charge is 0.463 e. The number of hydrogen-bond acceptors (Lipinski definition) is 5. The van der Waals surface area contributed by atoms with E-state index in [1.165, 1.54) is 0 Å². The Morgan fingerprint density at radius 1 is 1.14 bits per heavy atom. The summed E-state index contributed by atoms with van der Waals surface area (Å²) in [7, 11) is -1.91. The number of carbonyl (C=O) groups is 2. The second-order valence-corrected chi connectivity index (χ2v) is 19.2. The minimum absolute atomic E-state index is 0.0795. The van der Waals surface area contributed by atoms with E-state index < -0.39 is 44.1 Å². The van der Waals surface area contributed by atoms with Gasteiger partial charge >= 0.3 is 18.1 Å². The van der Waals surface area contributed by atoms with E-state index in [0.29, 0.717) is 62.2 Å². The fourth-order valence-corrected chi connectivity index (χ4v) is 7.69. The number of ether oxygens (including phenoxy) is 1. The number of nitrogens with zero attached hydrogens (tertiary/aromatic N) is 1. The Bertz CT molecular complexity index is 1080. The van der Waals surface area contributed by atoms with Crippen LogP contribution in [0.15, 0.2) is 34.9 Å². The van der Waals surface area contributed by atoms with Gasteiger partial charge in [0, 0.05) is 35.2 Å². The van der Waals surface area contributed by atoms with E-state index in [4.69, 9.17) is 20.8 Å². The predicted molar refractivity (Wildman–Crippen MR) is 172 cm³/mol. The lowest BCUT2D eigenvalue weighted by Gasteiger charge is -2.54. The number of aliphatic hydroxyl groups excluding tert-OH is 1. The molecule has 0 radical (unpaired) electrons. The summed E-state index contributed by atoms with van der Waals surface area (Å²) in [6.07, 6.45) is 4.70. The van der Waals surface area contributed by atoms with Gasteiger partial charge in [0.25, 0.3) is 0 Å². The summed E-state index contributed by atoms with van der Waals surface area (Å²) in [6.45, 7) is 16.7. The fraction of sp³-hybridized carbons (Fsp3) is 0.758. The van der Waals surface area contributed by atoms with Crippen molar-refractivity contribution in [2.24, 2.45) is 11.8 Å². The Morgan fingerprint density at radius 2 is 1.75 bits per heavy atom.